The number of rotatable bonds is 8. The van der Waals surface area contributed by atoms with E-state index >= 15 is 0 Å². The van der Waals surface area contributed by atoms with E-state index in [1.54, 1.807) is 60.7 Å². The summed E-state index contributed by atoms with van der Waals surface area (Å²) in [5, 5.41) is 2.67. The third-order valence-corrected chi connectivity index (χ3v) is 5.90. The molecule has 3 aromatic rings. The first kappa shape index (κ1) is 22.0. The molecule has 0 aliphatic heterocycles. The van der Waals surface area contributed by atoms with Crippen molar-refractivity contribution in [3.05, 3.63) is 90.1 Å². The average Bonchev–Trinajstić information content (AvgIpc) is 2.75. The molecule has 2 N–H and O–H groups in total. The zero-order chi connectivity index (χ0) is 22.4. The summed E-state index contributed by atoms with van der Waals surface area (Å²) in [5.74, 6) is 0.536. The van der Waals surface area contributed by atoms with Crippen LogP contribution in [0.4, 0.5) is 5.69 Å². The minimum Gasteiger partial charge on any atom is -0.439 e. The quantitative estimate of drug-likeness (QED) is 0.515. The van der Waals surface area contributed by atoms with Gasteiger partial charge in [0.2, 0.25) is 5.88 Å². The van der Waals surface area contributed by atoms with Crippen molar-refractivity contribution in [1.82, 2.24) is 10.3 Å². The summed E-state index contributed by atoms with van der Waals surface area (Å²) in [6.45, 7) is 7.72. The number of ether oxygens (including phenoxy) is 1. The Kier molecular flexibility index (Phi) is 6.71. The van der Waals surface area contributed by atoms with Gasteiger partial charge >= 0.3 is 0 Å². The lowest BCUT2D eigenvalue weighted by Crippen LogP contribution is -2.23. The number of nitrogens with zero attached hydrogens (tertiary/aromatic N) is 1. The molecule has 0 spiro atoms. The van der Waals surface area contributed by atoms with Gasteiger partial charge in [-0.15, -0.1) is 6.58 Å². The van der Waals surface area contributed by atoms with Gasteiger partial charge in [-0.25, -0.2) is 13.4 Å². The van der Waals surface area contributed by atoms with Crippen LogP contribution in [0.3, 0.4) is 0 Å². The van der Waals surface area contributed by atoms with Crippen LogP contribution in [0.2, 0.25) is 0 Å². The van der Waals surface area contributed by atoms with Gasteiger partial charge < -0.3 is 10.1 Å². The molecule has 0 unspecified atom stereocenters. The maximum Gasteiger partial charge on any atom is 0.261 e. The van der Waals surface area contributed by atoms with Gasteiger partial charge in [-0.3, -0.25) is 9.52 Å². The minimum absolute atomic E-state index is 0.206. The Morgan fingerprint density at radius 3 is 2.42 bits per heavy atom. The zero-order valence-corrected chi connectivity index (χ0v) is 18.1. The molecule has 0 aliphatic carbocycles. The highest BCUT2D eigenvalue weighted by Crippen LogP contribution is 2.24. The van der Waals surface area contributed by atoms with Crippen molar-refractivity contribution < 1.29 is 17.9 Å². The van der Waals surface area contributed by atoms with Crippen LogP contribution in [0, 0.1) is 13.8 Å². The first-order valence-corrected chi connectivity index (χ1v) is 11.0. The smallest absolute Gasteiger partial charge is 0.261 e. The molecule has 0 saturated heterocycles. The Hall–Kier alpha value is -3.65. The highest BCUT2D eigenvalue weighted by molar-refractivity contribution is 7.92. The molecule has 0 saturated carbocycles. The van der Waals surface area contributed by atoms with Gasteiger partial charge in [0.15, 0.2) is 0 Å². The van der Waals surface area contributed by atoms with Crippen LogP contribution in [0.15, 0.2) is 78.3 Å². The van der Waals surface area contributed by atoms with Gasteiger partial charge in [0, 0.05) is 24.5 Å². The molecule has 0 radical (unpaired) electrons. The second-order valence-electron chi connectivity index (χ2n) is 6.86. The number of aryl methyl sites for hydroxylation is 2. The van der Waals surface area contributed by atoms with Crippen LogP contribution < -0.4 is 14.8 Å². The number of amides is 1. The highest BCUT2D eigenvalue weighted by atomic mass is 32.2. The molecule has 0 aliphatic rings. The van der Waals surface area contributed by atoms with Crippen LogP contribution in [-0.4, -0.2) is 25.9 Å². The molecule has 3 rings (SSSR count). The van der Waals surface area contributed by atoms with Crippen LogP contribution in [0.25, 0.3) is 0 Å². The summed E-state index contributed by atoms with van der Waals surface area (Å²) in [4.78, 5) is 16.2. The molecule has 0 bridgehead atoms. The van der Waals surface area contributed by atoms with Crippen molar-refractivity contribution in [2.45, 2.75) is 18.7 Å². The van der Waals surface area contributed by atoms with E-state index in [4.69, 9.17) is 4.74 Å². The Balaban J connectivity index is 1.65. The van der Waals surface area contributed by atoms with Gasteiger partial charge in [0.05, 0.1) is 10.5 Å². The number of anilines is 1. The van der Waals surface area contributed by atoms with E-state index < -0.39 is 10.0 Å². The standard InChI is InChI=1S/C23H23N3O4S/c1-4-13-24-23(27)18-6-12-22(25-15-18)30-20-9-7-19(8-10-20)26-31(28,29)21-11-5-16(2)17(3)14-21/h4-12,14-15,26H,1,13H2,2-3H3,(H,24,27). The Morgan fingerprint density at radius 2 is 1.81 bits per heavy atom. The van der Waals surface area contributed by atoms with E-state index in [1.807, 2.05) is 13.8 Å². The molecule has 0 atom stereocenters. The second kappa shape index (κ2) is 9.44. The number of carbonyl (C=O) groups is 1. The van der Waals surface area contributed by atoms with Crippen molar-refractivity contribution in [2.24, 2.45) is 0 Å². The van der Waals surface area contributed by atoms with Crippen molar-refractivity contribution in [1.29, 1.82) is 0 Å². The predicted molar refractivity (Wildman–Crippen MR) is 120 cm³/mol. The SMILES string of the molecule is C=CCNC(=O)c1ccc(Oc2ccc(NS(=O)(=O)c3ccc(C)c(C)c3)cc2)nc1. The molecule has 8 heteroatoms. The Labute approximate surface area is 181 Å². The van der Waals surface area contributed by atoms with Crippen molar-refractivity contribution in [3.63, 3.8) is 0 Å². The molecule has 2 aromatic carbocycles. The largest absolute Gasteiger partial charge is 0.439 e. The van der Waals surface area contributed by atoms with Crippen molar-refractivity contribution in [3.8, 4) is 11.6 Å². The van der Waals surface area contributed by atoms with Crippen molar-refractivity contribution in [2.75, 3.05) is 11.3 Å². The number of pyridine rings is 1. The highest BCUT2D eigenvalue weighted by Gasteiger charge is 2.15. The van der Waals surface area contributed by atoms with E-state index in [0.717, 1.165) is 11.1 Å². The number of aromatic nitrogens is 1. The lowest BCUT2D eigenvalue weighted by molar-refractivity contribution is 0.0957. The molecule has 7 nitrogen and oxygen atoms in total. The number of nitrogens with one attached hydrogen (secondary N) is 2. The third-order valence-electron chi connectivity index (χ3n) is 4.52. The normalized spacial score (nSPS) is 10.9. The van der Waals surface area contributed by atoms with Gasteiger partial charge in [0.25, 0.3) is 15.9 Å². The fraction of sp³-hybridized carbons (Fsp3) is 0.130. The van der Waals surface area contributed by atoms with Crippen LogP contribution in [-0.2, 0) is 10.0 Å². The molecule has 1 amide bonds. The van der Waals surface area contributed by atoms with Crippen LogP contribution >= 0.6 is 0 Å². The van der Waals surface area contributed by atoms with Gasteiger partial charge in [-0.05, 0) is 67.4 Å². The molecular formula is C23H23N3O4S. The number of hydrogen-bond donors (Lipinski definition) is 2. The lowest BCUT2D eigenvalue weighted by atomic mass is 10.1. The molecule has 1 heterocycles. The fourth-order valence-corrected chi connectivity index (χ4v) is 3.79. The number of benzene rings is 2. The van der Waals surface area contributed by atoms with E-state index in [-0.39, 0.29) is 10.8 Å². The second-order valence-corrected chi connectivity index (χ2v) is 8.54. The molecule has 0 fully saturated rings. The van der Waals surface area contributed by atoms with Gasteiger partial charge in [0.1, 0.15) is 5.75 Å². The van der Waals surface area contributed by atoms with E-state index in [2.05, 4.69) is 21.6 Å². The van der Waals surface area contributed by atoms with Crippen LogP contribution in [0.5, 0.6) is 11.6 Å². The molecule has 1 aromatic heterocycles. The van der Waals surface area contributed by atoms with Crippen LogP contribution in [0.1, 0.15) is 21.5 Å². The van der Waals surface area contributed by atoms with Crippen molar-refractivity contribution >= 4 is 21.6 Å². The maximum absolute atomic E-state index is 12.6. The average molecular weight is 438 g/mol. The summed E-state index contributed by atoms with van der Waals surface area (Å²) in [6.07, 6.45) is 3.01. The monoisotopic (exact) mass is 437 g/mol. The van der Waals surface area contributed by atoms with E-state index in [9.17, 15) is 13.2 Å². The lowest BCUT2D eigenvalue weighted by Gasteiger charge is -2.11. The minimum atomic E-state index is -3.69. The van der Waals surface area contributed by atoms with E-state index in [0.29, 0.717) is 29.4 Å². The summed E-state index contributed by atoms with van der Waals surface area (Å²) < 4.78 is 33.4. The maximum atomic E-state index is 12.6. The van der Waals surface area contributed by atoms with Gasteiger partial charge in [-0.1, -0.05) is 12.1 Å². The third kappa shape index (κ3) is 5.70. The van der Waals surface area contributed by atoms with Gasteiger partial charge in [-0.2, -0.15) is 0 Å². The summed E-state index contributed by atoms with van der Waals surface area (Å²) in [6, 6.07) is 14.6. The Bertz CT molecular complexity index is 1190. The number of hydrogen-bond acceptors (Lipinski definition) is 5. The van der Waals surface area contributed by atoms with E-state index in [1.165, 1.54) is 6.20 Å². The predicted octanol–water partition coefficient (Wildman–Crippen LogP) is 4.21. The molecule has 31 heavy (non-hydrogen) atoms. The molecular weight excluding hydrogens is 414 g/mol. The summed E-state index contributed by atoms with van der Waals surface area (Å²) in [7, 11) is -3.69. The number of sulfonamides is 1. The number of carbonyl (C=O) groups excluding carboxylic acids is 1. The summed E-state index contributed by atoms with van der Waals surface area (Å²) >= 11 is 0. The summed E-state index contributed by atoms with van der Waals surface area (Å²) in [5.41, 5.74) is 2.75. The Morgan fingerprint density at radius 1 is 1.06 bits per heavy atom. The first-order chi connectivity index (χ1) is 14.8. The fourth-order valence-electron chi connectivity index (χ4n) is 2.65. The first-order valence-electron chi connectivity index (χ1n) is 9.51. The molecule has 160 valence electrons. The topological polar surface area (TPSA) is 97.4 Å². The zero-order valence-electron chi connectivity index (χ0n) is 17.3.